The highest BCUT2D eigenvalue weighted by atomic mass is 16.8. The van der Waals surface area contributed by atoms with Crippen LogP contribution in [0.25, 0.3) is 0 Å². The average Bonchev–Trinajstić information content (AvgIpc) is 3.31. The van der Waals surface area contributed by atoms with Gasteiger partial charge in [-0.05, 0) is 41.0 Å². The molecule has 2 heterocycles. The molecule has 13 heteroatoms. The van der Waals surface area contributed by atoms with Crippen molar-refractivity contribution in [1.29, 1.82) is 0 Å². The largest absolute Gasteiger partial charge is 0.452 e. The number of benzene rings is 5. The van der Waals surface area contributed by atoms with Gasteiger partial charge in [-0.15, -0.1) is 0 Å². The molecular formula is C49H52O13. The number of hydrogen-bond acceptors (Lipinski definition) is 13. The summed E-state index contributed by atoms with van der Waals surface area (Å²) >= 11 is 0. The van der Waals surface area contributed by atoms with Crippen LogP contribution in [0.4, 0.5) is 0 Å². The van der Waals surface area contributed by atoms with E-state index in [4.69, 9.17) is 47.4 Å². The van der Waals surface area contributed by atoms with Crippen molar-refractivity contribution in [2.24, 2.45) is 0 Å². The highest BCUT2D eigenvalue weighted by molar-refractivity contribution is 5.90. The Morgan fingerprint density at radius 2 is 0.855 bits per heavy atom. The van der Waals surface area contributed by atoms with Gasteiger partial charge in [-0.25, -0.2) is 9.59 Å². The third kappa shape index (κ3) is 11.8. The molecule has 0 amide bonds. The lowest BCUT2D eigenvalue weighted by molar-refractivity contribution is -0.366. The van der Waals surface area contributed by atoms with Crippen LogP contribution >= 0.6 is 0 Å². The van der Waals surface area contributed by atoms with Crippen molar-refractivity contribution in [3.63, 3.8) is 0 Å². The van der Waals surface area contributed by atoms with Crippen LogP contribution in [-0.2, 0) is 67.2 Å². The van der Waals surface area contributed by atoms with E-state index in [0.717, 1.165) is 16.7 Å². The van der Waals surface area contributed by atoms with Gasteiger partial charge in [0.25, 0.3) is 0 Å². The summed E-state index contributed by atoms with van der Waals surface area (Å²) < 4.78 is 63.5. The second-order valence-electron chi connectivity index (χ2n) is 14.9. The quantitative estimate of drug-likeness (QED) is 0.0927. The zero-order valence-electron chi connectivity index (χ0n) is 34.6. The zero-order valence-corrected chi connectivity index (χ0v) is 34.6. The molecule has 7 rings (SSSR count). The van der Waals surface area contributed by atoms with Gasteiger partial charge in [-0.2, -0.15) is 0 Å². The maximum absolute atomic E-state index is 13.9. The van der Waals surface area contributed by atoms with Crippen LogP contribution in [0.3, 0.4) is 0 Å². The Bertz CT molecular complexity index is 2080. The smallest absolute Gasteiger partial charge is 0.338 e. The summed E-state index contributed by atoms with van der Waals surface area (Å²) in [7, 11) is 3.01. The van der Waals surface area contributed by atoms with Crippen LogP contribution in [0.2, 0.25) is 0 Å². The van der Waals surface area contributed by atoms with E-state index in [1.54, 1.807) is 67.8 Å². The number of hydrogen-bond donors (Lipinski definition) is 1. The van der Waals surface area contributed by atoms with E-state index in [9.17, 15) is 14.7 Å². The van der Waals surface area contributed by atoms with Crippen LogP contribution in [0.5, 0.6) is 0 Å². The molecule has 1 N–H and O–H groups in total. The summed E-state index contributed by atoms with van der Waals surface area (Å²) in [4.78, 5) is 27.5. The van der Waals surface area contributed by atoms with E-state index in [2.05, 4.69) is 0 Å². The predicted molar refractivity (Wildman–Crippen MR) is 225 cm³/mol. The number of carbonyl (C=O) groups excluding carboxylic acids is 2. The maximum atomic E-state index is 13.9. The van der Waals surface area contributed by atoms with E-state index >= 15 is 0 Å². The number of ether oxygens (including phenoxy) is 10. The number of carbonyl (C=O) groups is 2. The minimum Gasteiger partial charge on any atom is -0.452 e. The van der Waals surface area contributed by atoms with E-state index in [-0.39, 0.29) is 44.2 Å². The fraction of sp³-hybridized carbons (Fsp3) is 0.347. The van der Waals surface area contributed by atoms with Crippen molar-refractivity contribution in [2.45, 2.75) is 81.2 Å². The van der Waals surface area contributed by atoms with Gasteiger partial charge in [0.05, 0.1) is 44.2 Å². The van der Waals surface area contributed by atoms with Gasteiger partial charge in [0.2, 0.25) is 0 Å². The van der Waals surface area contributed by atoms with Gasteiger partial charge in [0.15, 0.2) is 24.8 Å². The first-order valence-corrected chi connectivity index (χ1v) is 20.5. The summed E-state index contributed by atoms with van der Waals surface area (Å²) in [6.45, 7) is 0.495. The Kier molecular flexibility index (Phi) is 16.4. The van der Waals surface area contributed by atoms with Crippen molar-refractivity contribution in [2.75, 3.05) is 27.4 Å². The monoisotopic (exact) mass is 848 g/mol. The third-order valence-electron chi connectivity index (χ3n) is 10.5. The molecule has 0 bridgehead atoms. The van der Waals surface area contributed by atoms with Crippen molar-refractivity contribution < 1.29 is 62.1 Å². The molecule has 2 aliphatic rings. The molecule has 5 aromatic rings. The second kappa shape index (κ2) is 22.7. The fourth-order valence-corrected chi connectivity index (χ4v) is 7.46. The number of rotatable bonds is 19. The molecule has 0 spiro atoms. The lowest BCUT2D eigenvalue weighted by Gasteiger charge is -2.49. The zero-order chi connectivity index (χ0) is 43.1. The topological polar surface area (TPSA) is 147 Å². The third-order valence-corrected chi connectivity index (χ3v) is 10.5. The second-order valence-corrected chi connectivity index (χ2v) is 14.9. The predicted octanol–water partition coefficient (Wildman–Crippen LogP) is 6.31. The molecule has 10 atom stereocenters. The SMILES string of the molecule is COC[C@H]1O[C@H](O)[C@H](OC(=O)c2ccccc2)[C@@H](OC(=O)c2ccccc2)[C@@H]1O[C@H]1O[C@H](COC)[C@@H](OCc2ccccc2)[C@H](OCc2ccccc2)[C@H]1OCc1ccccc1. The molecular weight excluding hydrogens is 797 g/mol. The van der Waals surface area contributed by atoms with Gasteiger partial charge in [-0.3, -0.25) is 0 Å². The normalized spacial score (nSPS) is 26.0. The molecule has 0 radical (unpaired) electrons. The summed E-state index contributed by atoms with van der Waals surface area (Å²) in [5.41, 5.74) is 3.14. The van der Waals surface area contributed by atoms with E-state index in [1.807, 2.05) is 91.0 Å². The molecule has 2 aliphatic heterocycles. The van der Waals surface area contributed by atoms with Crippen LogP contribution < -0.4 is 0 Å². The van der Waals surface area contributed by atoms with Crippen molar-refractivity contribution in [1.82, 2.24) is 0 Å². The molecule has 0 saturated carbocycles. The standard InChI is InChI=1S/C49H52O13/c1-53-31-38-40(55-28-33-18-8-3-9-19-33)42(56-29-34-20-10-4-11-21-34)45(57-30-35-22-12-5-13-23-35)49(59-38)62-41-39(32-54-2)58-48(52)44(61-47(51)37-26-16-7-17-27-37)43(41)60-46(50)36-24-14-6-15-25-36/h3-27,38-45,48-49,52H,28-32H2,1-2H3/t38-,39-,40-,41-,42+,43+,44-,45-,48+,49-/m1/s1. The van der Waals surface area contributed by atoms with Crippen LogP contribution in [0.1, 0.15) is 37.4 Å². The number of aliphatic hydroxyl groups excluding tert-OH is 1. The number of aliphatic hydroxyl groups is 1. The fourth-order valence-electron chi connectivity index (χ4n) is 7.46. The van der Waals surface area contributed by atoms with Gasteiger partial charge in [-0.1, -0.05) is 127 Å². The van der Waals surface area contributed by atoms with Crippen LogP contribution in [-0.4, -0.2) is 106 Å². The lowest BCUT2D eigenvalue weighted by Crippen LogP contribution is -2.66. The molecule has 5 aromatic carbocycles. The van der Waals surface area contributed by atoms with Gasteiger partial charge in [0.1, 0.15) is 36.6 Å². The first-order chi connectivity index (χ1) is 30.4. The minimum absolute atomic E-state index is 0.0705. The van der Waals surface area contributed by atoms with Crippen LogP contribution in [0, 0.1) is 0 Å². The summed E-state index contributed by atoms with van der Waals surface area (Å²) in [6, 6.07) is 45.6. The van der Waals surface area contributed by atoms with E-state index in [1.165, 1.54) is 7.11 Å². The molecule has 13 nitrogen and oxygen atoms in total. The Balaban J connectivity index is 1.28. The summed E-state index contributed by atoms with van der Waals surface area (Å²) in [6.07, 6.45) is -11.8. The van der Waals surface area contributed by atoms with E-state index < -0.39 is 73.4 Å². The Hall–Kier alpha value is -5.32. The molecule has 2 fully saturated rings. The van der Waals surface area contributed by atoms with Gasteiger partial charge in [0, 0.05) is 14.2 Å². The van der Waals surface area contributed by atoms with Crippen LogP contribution in [0.15, 0.2) is 152 Å². The summed E-state index contributed by atoms with van der Waals surface area (Å²) in [5.74, 6) is -1.54. The summed E-state index contributed by atoms with van der Waals surface area (Å²) in [5, 5.41) is 11.5. The molecule has 326 valence electrons. The number of methoxy groups -OCH3 is 2. The Labute approximate surface area is 361 Å². The highest BCUT2D eigenvalue weighted by Gasteiger charge is 2.55. The molecule has 0 aromatic heterocycles. The van der Waals surface area contributed by atoms with Crippen molar-refractivity contribution in [3.8, 4) is 0 Å². The van der Waals surface area contributed by atoms with Gasteiger partial charge < -0.3 is 52.5 Å². The lowest BCUT2D eigenvalue weighted by atomic mass is 9.95. The Morgan fingerprint density at radius 1 is 0.468 bits per heavy atom. The van der Waals surface area contributed by atoms with Crippen molar-refractivity contribution >= 4 is 11.9 Å². The highest BCUT2D eigenvalue weighted by Crippen LogP contribution is 2.36. The maximum Gasteiger partial charge on any atom is 0.338 e. The minimum atomic E-state index is -1.76. The molecule has 0 aliphatic carbocycles. The molecule has 62 heavy (non-hydrogen) atoms. The van der Waals surface area contributed by atoms with Gasteiger partial charge >= 0.3 is 11.9 Å². The Morgan fingerprint density at radius 3 is 1.31 bits per heavy atom. The van der Waals surface area contributed by atoms with Crippen molar-refractivity contribution in [3.05, 3.63) is 179 Å². The van der Waals surface area contributed by atoms with E-state index in [0.29, 0.717) is 0 Å². The molecule has 0 unspecified atom stereocenters. The molecule has 2 saturated heterocycles. The number of esters is 2. The first kappa shape index (κ1) is 44.7. The first-order valence-electron chi connectivity index (χ1n) is 20.5. The average molecular weight is 849 g/mol.